The summed E-state index contributed by atoms with van der Waals surface area (Å²) in [6, 6.07) is 6.23. The van der Waals surface area contributed by atoms with Crippen LogP contribution in [0.3, 0.4) is 0 Å². The van der Waals surface area contributed by atoms with Crippen molar-refractivity contribution in [1.29, 1.82) is 0 Å². The van der Waals surface area contributed by atoms with Gasteiger partial charge in [0.2, 0.25) is 5.91 Å². The van der Waals surface area contributed by atoms with E-state index in [0.717, 1.165) is 4.90 Å². The van der Waals surface area contributed by atoms with Gasteiger partial charge in [-0.15, -0.1) is 11.8 Å². The summed E-state index contributed by atoms with van der Waals surface area (Å²) in [4.78, 5) is 12.5. The number of benzene rings is 1. The minimum absolute atomic E-state index is 0.0639. The molecule has 4 nitrogen and oxygen atoms in total. The molecular weight excluding hydrogens is 253 g/mol. The standard InChI is InChI=1S/C12H12FN3OS/c13-9-1-3-11(4-2-9)18-6-5-12(17)16-10-7-14-15-8-10/h1-4,7-8H,5-6H2,(H,14,15)(H,16,17). The quantitative estimate of drug-likeness (QED) is 0.817. The number of halogens is 1. The molecule has 0 aliphatic rings. The van der Waals surface area contributed by atoms with Crippen molar-refractivity contribution in [2.75, 3.05) is 11.1 Å². The summed E-state index contributed by atoms with van der Waals surface area (Å²) in [6.45, 7) is 0. The average Bonchev–Trinajstić information content (AvgIpc) is 2.84. The number of nitrogens with one attached hydrogen (secondary N) is 2. The summed E-state index contributed by atoms with van der Waals surface area (Å²) < 4.78 is 12.7. The SMILES string of the molecule is O=C(CCSc1ccc(F)cc1)Nc1cn[nH]c1. The van der Waals surface area contributed by atoms with Gasteiger partial charge in [-0.2, -0.15) is 5.10 Å². The maximum atomic E-state index is 12.7. The van der Waals surface area contributed by atoms with E-state index in [-0.39, 0.29) is 11.7 Å². The smallest absolute Gasteiger partial charge is 0.225 e. The Morgan fingerprint density at radius 3 is 2.83 bits per heavy atom. The molecule has 0 aliphatic heterocycles. The molecule has 1 amide bonds. The minimum atomic E-state index is -0.253. The fourth-order valence-electron chi connectivity index (χ4n) is 1.34. The van der Waals surface area contributed by atoms with E-state index in [1.54, 1.807) is 24.5 Å². The van der Waals surface area contributed by atoms with Gasteiger partial charge in [-0.25, -0.2) is 4.39 Å². The first-order valence-corrected chi connectivity index (χ1v) is 6.39. The van der Waals surface area contributed by atoms with Gasteiger partial charge in [0.05, 0.1) is 11.9 Å². The van der Waals surface area contributed by atoms with Crippen LogP contribution in [0.15, 0.2) is 41.6 Å². The summed E-state index contributed by atoms with van der Waals surface area (Å²) >= 11 is 1.52. The second kappa shape index (κ2) is 6.20. The van der Waals surface area contributed by atoms with Crippen molar-refractivity contribution in [3.63, 3.8) is 0 Å². The van der Waals surface area contributed by atoms with E-state index in [9.17, 15) is 9.18 Å². The highest BCUT2D eigenvalue weighted by molar-refractivity contribution is 7.99. The second-order valence-corrected chi connectivity index (χ2v) is 4.76. The highest BCUT2D eigenvalue weighted by Crippen LogP contribution is 2.19. The lowest BCUT2D eigenvalue weighted by molar-refractivity contribution is -0.115. The summed E-state index contributed by atoms with van der Waals surface area (Å²) in [7, 11) is 0. The van der Waals surface area contributed by atoms with Crippen LogP contribution in [0.1, 0.15) is 6.42 Å². The number of hydrogen-bond donors (Lipinski definition) is 2. The fourth-order valence-corrected chi connectivity index (χ4v) is 2.19. The summed E-state index contributed by atoms with van der Waals surface area (Å²) in [5, 5.41) is 9.06. The molecular formula is C12H12FN3OS. The number of thioether (sulfide) groups is 1. The fraction of sp³-hybridized carbons (Fsp3) is 0.167. The number of aromatic nitrogens is 2. The monoisotopic (exact) mass is 265 g/mol. The van der Waals surface area contributed by atoms with Crippen LogP contribution in [-0.2, 0) is 4.79 Å². The van der Waals surface area contributed by atoms with Crippen LogP contribution in [-0.4, -0.2) is 21.9 Å². The lowest BCUT2D eigenvalue weighted by Crippen LogP contribution is -2.11. The Balaban J connectivity index is 1.72. The molecule has 18 heavy (non-hydrogen) atoms. The molecule has 0 spiro atoms. The number of anilines is 1. The van der Waals surface area contributed by atoms with E-state index in [2.05, 4.69) is 15.5 Å². The number of amides is 1. The molecule has 0 saturated carbocycles. The minimum Gasteiger partial charge on any atom is -0.323 e. The Morgan fingerprint density at radius 1 is 1.39 bits per heavy atom. The number of aromatic amines is 1. The van der Waals surface area contributed by atoms with Crippen molar-refractivity contribution in [1.82, 2.24) is 10.2 Å². The Morgan fingerprint density at radius 2 is 2.17 bits per heavy atom. The lowest BCUT2D eigenvalue weighted by atomic mass is 10.4. The van der Waals surface area contributed by atoms with Crippen LogP contribution in [0.4, 0.5) is 10.1 Å². The first-order valence-electron chi connectivity index (χ1n) is 5.41. The zero-order valence-electron chi connectivity index (χ0n) is 9.52. The van der Waals surface area contributed by atoms with E-state index >= 15 is 0 Å². The topological polar surface area (TPSA) is 57.8 Å². The van der Waals surface area contributed by atoms with E-state index < -0.39 is 0 Å². The predicted molar refractivity (Wildman–Crippen MR) is 69.0 cm³/mol. The molecule has 2 rings (SSSR count). The third-order valence-electron chi connectivity index (χ3n) is 2.19. The molecule has 0 bridgehead atoms. The van der Waals surface area contributed by atoms with Gasteiger partial charge in [-0.1, -0.05) is 0 Å². The van der Waals surface area contributed by atoms with Gasteiger partial charge < -0.3 is 5.32 Å². The Bertz CT molecular complexity index is 499. The molecule has 2 aromatic rings. The molecule has 1 aromatic heterocycles. The lowest BCUT2D eigenvalue weighted by Gasteiger charge is -2.02. The summed E-state index contributed by atoms with van der Waals surface area (Å²) in [5.41, 5.74) is 0.659. The van der Waals surface area contributed by atoms with E-state index in [4.69, 9.17) is 0 Å². The van der Waals surface area contributed by atoms with E-state index in [0.29, 0.717) is 17.9 Å². The van der Waals surface area contributed by atoms with Crippen LogP contribution in [0, 0.1) is 5.82 Å². The van der Waals surface area contributed by atoms with Gasteiger partial charge >= 0.3 is 0 Å². The molecule has 0 unspecified atom stereocenters. The van der Waals surface area contributed by atoms with Crippen molar-refractivity contribution < 1.29 is 9.18 Å². The molecule has 6 heteroatoms. The number of carbonyl (C=O) groups is 1. The summed E-state index contributed by atoms with van der Waals surface area (Å²) in [6.07, 6.45) is 3.56. The third kappa shape index (κ3) is 3.89. The van der Waals surface area contributed by atoms with Crippen molar-refractivity contribution in [3.8, 4) is 0 Å². The van der Waals surface area contributed by atoms with Gasteiger partial charge in [0.25, 0.3) is 0 Å². The van der Waals surface area contributed by atoms with Crippen molar-refractivity contribution in [2.45, 2.75) is 11.3 Å². The Labute approximate surface area is 108 Å². The molecule has 0 saturated heterocycles. The molecule has 0 atom stereocenters. The molecule has 1 heterocycles. The number of nitrogens with zero attached hydrogens (tertiary/aromatic N) is 1. The van der Waals surface area contributed by atoms with Crippen LogP contribution in [0.25, 0.3) is 0 Å². The number of hydrogen-bond acceptors (Lipinski definition) is 3. The number of carbonyl (C=O) groups excluding carboxylic acids is 1. The van der Waals surface area contributed by atoms with E-state index in [1.807, 2.05) is 0 Å². The largest absolute Gasteiger partial charge is 0.323 e. The van der Waals surface area contributed by atoms with Gasteiger partial charge in [0, 0.05) is 23.3 Å². The molecule has 0 fully saturated rings. The van der Waals surface area contributed by atoms with Gasteiger partial charge in [-0.3, -0.25) is 9.89 Å². The van der Waals surface area contributed by atoms with Crippen molar-refractivity contribution in [2.24, 2.45) is 0 Å². The van der Waals surface area contributed by atoms with Gasteiger partial charge in [0.1, 0.15) is 5.82 Å². The normalized spacial score (nSPS) is 10.3. The summed E-state index contributed by atoms with van der Waals surface area (Å²) in [5.74, 6) is 0.332. The molecule has 94 valence electrons. The zero-order valence-corrected chi connectivity index (χ0v) is 10.3. The first kappa shape index (κ1) is 12.6. The maximum absolute atomic E-state index is 12.7. The number of H-pyrrole nitrogens is 1. The van der Waals surface area contributed by atoms with Crippen LogP contribution >= 0.6 is 11.8 Å². The van der Waals surface area contributed by atoms with Crippen molar-refractivity contribution in [3.05, 3.63) is 42.5 Å². The average molecular weight is 265 g/mol. The van der Waals surface area contributed by atoms with Crippen LogP contribution in [0.5, 0.6) is 0 Å². The third-order valence-corrected chi connectivity index (χ3v) is 3.21. The Hall–Kier alpha value is -1.82. The number of rotatable bonds is 5. The zero-order chi connectivity index (χ0) is 12.8. The molecule has 2 N–H and O–H groups in total. The van der Waals surface area contributed by atoms with Gasteiger partial charge in [-0.05, 0) is 24.3 Å². The molecule has 1 aromatic carbocycles. The predicted octanol–water partition coefficient (Wildman–Crippen LogP) is 2.67. The van der Waals surface area contributed by atoms with Crippen LogP contribution < -0.4 is 5.32 Å². The van der Waals surface area contributed by atoms with Crippen LogP contribution in [0.2, 0.25) is 0 Å². The second-order valence-electron chi connectivity index (χ2n) is 3.59. The van der Waals surface area contributed by atoms with E-state index in [1.165, 1.54) is 23.9 Å². The Kier molecular flexibility index (Phi) is 4.35. The van der Waals surface area contributed by atoms with Crippen molar-refractivity contribution >= 4 is 23.4 Å². The molecule has 0 radical (unpaired) electrons. The maximum Gasteiger partial charge on any atom is 0.225 e. The highest BCUT2D eigenvalue weighted by Gasteiger charge is 2.03. The van der Waals surface area contributed by atoms with Gasteiger partial charge in [0.15, 0.2) is 0 Å². The first-order chi connectivity index (χ1) is 8.74. The molecule has 0 aliphatic carbocycles. The highest BCUT2D eigenvalue weighted by atomic mass is 32.2.